The first-order valence-corrected chi connectivity index (χ1v) is 13.9. The Balaban J connectivity index is 1.45. The number of rotatable bonds is 5. The summed E-state index contributed by atoms with van der Waals surface area (Å²) in [5.41, 5.74) is 3.29. The number of hydrogen-bond acceptors (Lipinski definition) is 5. The number of benzene rings is 1. The number of carboxylic acids is 1. The van der Waals surface area contributed by atoms with Gasteiger partial charge in [0.1, 0.15) is 23.0 Å². The van der Waals surface area contributed by atoms with Gasteiger partial charge in [0, 0.05) is 42.8 Å². The van der Waals surface area contributed by atoms with Crippen molar-refractivity contribution >= 4 is 40.3 Å². The van der Waals surface area contributed by atoms with Gasteiger partial charge in [-0.1, -0.05) is 17.7 Å². The first-order valence-electron chi connectivity index (χ1n) is 13.5. The molecule has 1 fully saturated rings. The molecule has 3 aromatic heterocycles. The van der Waals surface area contributed by atoms with Crippen LogP contribution in [0.5, 0.6) is 0 Å². The van der Waals surface area contributed by atoms with Crippen molar-refractivity contribution in [3.05, 3.63) is 75.9 Å². The molecule has 0 atom stereocenters. The number of aryl methyl sites for hydroxylation is 2. The Labute approximate surface area is 243 Å². The fourth-order valence-electron chi connectivity index (χ4n) is 5.69. The van der Waals surface area contributed by atoms with Crippen LogP contribution in [0.25, 0.3) is 22.2 Å². The normalized spacial score (nSPS) is 15.1. The summed E-state index contributed by atoms with van der Waals surface area (Å²) >= 11 is 5.91. The van der Waals surface area contributed by atoms with Gasteiger partial charge in [0.15, 0.2) is 0 Å². The van der Waals surface area contributed by atoms with Crippen LogP contribution >= 0.6 is 11.6 Å². The summed E-state index contributed by atoms with van der Waals surface area (Å²) < 4.78 is 16.3. The maximum Gasteiger partial charge on any atom is 0.337 e. The van der Waals surface area contributed by atoms with Crippen molar-refractivity contribution in [1.29, 1.82) is 0 Å². The topological polar surface area (TPSA) is 91.6 Å². The number of hydrogen-bond donors (Lipinski definition) is 1. The predicted molar refractivity (Wildman–Crippen MR) is 159 cm³/mol. The van der Waals surface area contributed by atoms with Crippen molar-refractivity contribution in [2.24, 2.45) is 0 Å². The quantitative estimate of drug-likeness (QED) is 0.290. The molecule has 0 aliphatic carbocycles. The molecule has 5 rings (SSSR count). The smallest absolute Gasteiger partial charge is 0.337 e. The Bertz CT molecular complexity index is 1670. The first-order chi connectivity index (χ1) is 19.3. The Morgan fingerprint density at radius 3 is 2.41 bits per heavy atom. The van der Waals surface area contributed by atoms with Crippen LogP contribution in [0.4, 0.5) is 10.2 Å². The molecule has 1 aromatic carbocycles. The largest absolute Gasteiger partial charge is 0.478 e. The average Bonchev–Trinajstić information content (AvgIpc) is 3.28. The van der Waals surface area contributed by atoms with Crippen molar-refractivity contribution in [1.82, 2.24) is 19.4 Å². The van der Waals surface area contributed by atoms with Crippen molar-refractivity contribution < 1.29 is 19.1 Å². The lowest BCUT2D eigenvalue weighted by Gasteiger charge is -2.47. The van der Waals surface area contributed by atoms with Crippen LogP contribution in [0, 0.1) is 19.7 Å². The molecular weight excluding hydrogens is 545 g/mol. The van der Waals surface area contributed by atoms with Gasteiger partial charge in [0.2, 0.25) is 0 Å². The molecular formula is C31H33ClFN5O3. The third kappa shape index (κ3) is 5.14. The number of aromatic nitrogens is 3. The molecule has 8 nitrogen and oxygen atoms in total. The van der Waals surface area contributed by atoms with Gasteiger partial charge >= 0.3 is 5.97 Å². The molecule has 1 aliphatic heterocycles. The second-order valence-corrected chi connectivity index (χ2v) is 11.9. The monoisotopic (exact) mass is 577 g/mol. The van der Waals surface area contributed by atoms with Gasteiger partial charge in [0.05, 0.1) is 21.8 Å². The van der Waals surface area contributed by atoms with E-state index in [9.17, 15) is 19.1 Å². The van der Waals surface area contributed by atoms with Crippen molar-refractivity contribution in [3.63, 3.8) is 0 Å². The average molecular weight is 578 g/mol. The SMILES string of the molecule is Cc1cc(N2CCN(C(=O)c3ccc4c(-c5ccc(Cl)c(F)c5)cn(C(C)C)c4n3)C(C)(C)C2)nc(C)c1C(=O)O. The fraction of sp³-hybridized carbons (Fsp3) is 0.355. The third-order valence-electron chi connectivity index (χ3n) is 7.75. The number of pyridine rings is 2. The summed E-state index contributed by atoms with van der Waals surface area (Å²) in [7, 11) is 0. The lowest BCUT2D eigenvalue weighted by Crippen LogP contribution is -2.61. The van der Waals surface area contributed by atoms with E-state index in [4.69, 9.17) is 16.6 Å². The molecule has 1 saturated heterocycles. The number of carbonyl (C=O) groups is 2. The Morgan fingerprint density at radius 2 is 1.80 bits per heavy atom. The number of carbonyl (C=O) groups excluding carboxylic acids is 1. The van der Waals surface area contributed by atoms with Gasteiger partial charge in [-0.2, -0.15) is 0 Å². The zero-order valence-electron chi connectivity index (χ0n) is 24.0. The van der Waals surface area contributed by atoms with Crippen molar-refractivity contribution in [2.75, 3.05) is 24.5 Å². The molecule has 1 N–H and O–H groups in total. The molecule has 0 unspecified atom stereocenters. The summed E-state index contributed by atoms with van der Waals surface area (Å²) in [5.74, 6) is -0.955. The Morgan fingerprint density at radius 1 is 1.07 bits per heavy atom. The van der Waals surface area contributed by atoms with Gasteiger partial charge in [-0.3, -0.25) is 4.79 Å². The minimum absolute atomic E-state index is 0.0631. The molecule has 41 heavy (non-hydrogen) atoms. The van der Waals surface area contributed by atoms with Gasteiger partial charge in [-0.25, -0.2) is 19.2 Å². The van der Waals surface area contributed by atoms with E-state index in [1.54, 1.807) is 32.0 Å². The highest BCUT2D eigenvalue weighted by Crippen LogP contribution is 2.34. The van der Waals surface area contributed by atoms with E-state index in [0.29, 0.717) is 53.6 Å². The summed E-state index contributed by atoms with van der Waals surface area (Å²) in [4.78, 5) is 38.8. The third-order valence-corrected chi connectivity index (χ3v) is 8.06. The lowest BCUT2D eigenvalue weighted by atomic mass is 9.97. The highest BCUT2D eigenvalue weighted by molar-refractivity contribution is 6.30. The Hall–Kier alpha value is -3.98. The van der Waals surface area contributed by atoms with E-state index in [2.05, 4.69) is 9.88 Å². The predicted octanol–water partition coefficient (Wildman–Crippen LogP) is 6.53. The molecule has 4 heterocycles. The summed E-state index contributed by atoms with van der Waals surface area (Å²) in [5, 5.41) is 10.4. The number of carboxylic acid groups (broad SMARTS) is 1. The van der Waals surface area contributed by atoms with E-state index >= 15 is 0 Å². The van der Waals surface area contributed by atoms with Crippen LogP contribution in [0.2, 0.25) is 5.02 Å². The Kier molecular flexibility index (Phi) is 7.27. The van der Waals surface area contributed by atoms with Crippen molar-refractivity contribution in [3.8, 4) is 11.1 Å². The number of piperazine rings is 1. The van der Waals surface area contributed by atoms with Crippen LogP contribution in [0.1, 0.15) is 65.8 Å². The van der Waals surface area contributed by atoms with Crippen LogP contribution in [-0.2, 0) is 0 Å². The van der Waals surface area contributed by atoms with Crippen LogP contribution in [0.3, 0.4) is 0 Å². The summed E-state index contributed by atoms with van der Waals surface area (Å²) in [6.07, 6.45) is 1.94. The summed E-state index contributed by atoms with van der Waals surface area (Å²) in [6.45, 7) is 13.1. The van der Waals surface area contributed by atoms with Gasteiger partial charge in [0.25, 0.3) is 5.91 Å². The number of nitrogens with zero attached hydrogens (tertiary/aromatic N) is 5. The highest BCUT2D eigenvalue weighted by atomic mass is 35.5. The van der Waals surface area contributed by atoms with Gasteiger partial charge in [-0.05, 0) is 83.0 Å². The minimum atomic E-state index is -0.990. The van der Waals surface area contributed by atoms with E-state index < -0.39 is 17.3 Å². The zero-order valence-corrected chi connectivity index (χ0v) is 24.8. The van der Waals surface area contributed by atoms with Crippen LogP contribution in [0.15, 0.2) is 42.6 Å². The number of fused-ring (bicyclic) bond motifs is 1. The molecule has 214 valence electrons. The maximum absolute atomic E-state index is 14.3. The molecule has 4 aromatic rings. The van der Waals surface area contributed by atoms with E-state index in [0.717, 1.165) is 10.9 Å². The van der Waals surface area contributed by atoms with Gasteiger partial charge in [-0.15, -0.1) is 0 Å². The van der Waals surface area contributed by atoms with Crippen LogP contribution < -0.4 is 4.90 Å². The molecule has 10 heteroatoms. The lowest BCUT2D eigenvalue weighted by molar-refractivity contribution is 0.0507. The number of anilines is 1. The summed E-state index contributed by atoms with van der Waals surface area (Å²) in [6, 6.07) is 10.2. The minimum Gasteiger partial charge on any atom is -0.478 e. The van der Waals surface area contributed by atoms with E-state index in [1.807, 2.05) is 49.4 Å². The number of amides is 1. The molecule has 1 aliphatic rings. The van der Waals surface area contributed by atoms with E-state index in [-0.39, 0.29) is 22.5 Å². The standard InChI is InChI=1S/C31H33ClFN5O3/c1-17(2)37-15-22(20-7-9-23(32)24(33)14-20)21-8-10-25(35-28(21)37)29(39)38-12-11-36(16-31(38,5)6)26-13-18(3)27(30(40)41)19(4)34-26/h7-10,13-15,17H,11-12,16H2,1-6H3,(H,40,41). The molecule has 0 radical (unpaired) electrons. The number of halogens is 2. The van der Waals surface area contributed by atoms with E-state index in [1.165, 1.54) is 12.1 Å². The number of aromatic carboxylic acids is 1. The van der Waals surface area contributed by atoms with Crippen LogP contribution in [-0.4, -0.2) is 61.6 Å². The maximum atomic E-state index is 14.3. The highest BCUT2D eigenvalue weighted by Gasteiger charge is 2.38. The second kappa shape index (κ2) is 10.4. The van der Waals surface area contributed by atoms with Crippen molar-refractivity contribution in [2.45, 2.75) is 53.1 Å². The van der Waals surface area contributed by atoms with Gasteiger partial charge < -0.3 is 19.5 Å². The molecule has 0 spiro atoms. The zero-order chi connectivity index (χ0) is 29.8. The molecule has 1 amide bonds. The molecule has 0 bridgehead atoms. The second-order valence-electron chi connectivity index (χ2n) is 11.5. The fourth-order valence-corrected chi connectivity index (χ4v) is 5.81. The first kappa shape index (κ1) is 28.5. The molecule has 0 saturated carbocycles.